The van der Waals surface area contributed by atoms with Gasteiger partial charge in [-0.05, 0) is 25.8 Å². The van der Waals surface area contributed by atoms with Crippen molar-refractivity contribution in [3.63, 3.8) is 0 Å². The lowest BCUT2D eigenvalue weighted by atomic mass is 10.0. The first kappa shape index (κ1) is 15.6. The molecule has 122 valence electrons. The molecule has 0 spiro atoms. The van der Waals surface area contributed by atoms with Crippen molar-refractivity contribution < 1.29 is 13.6 Å². The van der Waals surface area contributed by atoms with Crippen molar-refractivity contribution in [3.05, 3.63) is 53.6 Å². The van der Waals surface area contributed by atoms with Gasteiger partial charge in [-0.2, -0.15) is 0 Å². The Bertz CT molecular complexity index is 706. The zero-order valence-corrected chi connectivity index (χ0v) is 13.0. The number of nitrogens with zero attached hydrogens (tertiary/aromatic N) is 3. The second-order valence-corrected chi connectivity index (χ2v) is 5.94. The van der Waals surface area contributed by atoms with Crippen LogP contribution in [0.3, 0.4) is 0 Å². The highest BCUT2D eigenvalue weighted by molar-refractivity contribution is 5.78. The van der Waals surface area contributed by atoms with Crippen LogP contribution in [0.4, 0.5) is 8.78 Å². The SMILES string of the molecule is Cc1cncn1C1CCN(C(=O)Cc2cccc(F)c2F)CC1. The lowest BCUT2D eigenvalue weighted by Crippen LogP contribution is -2.40. The topological polar surface area (TPSA) is 38.1 Å². The van der Waals surface area contributed by atoms with Crippen molar-refractivity contribution in [1.29, 1.82) is 0 Å². The molecule has 2 heterocycles. The van der Waals surface area contributed by atoms with E-state index in [-0.39, 0.29) is 17.9 Å². The smallest absolute Gasteiger partial charge is 0.227 e. The maximum atomic E-state index is 13.7. The van der Waals surface area contributed by atoms with Gasteiger partial charge < -0.3 is 9.47 Å². The van der Waals surface area contributed by atoms with E-state index in [0.717, 1.165) is 24.6 Å². The highest BCUT2D eigenvalue weighted by Crippen LogP contribution is 2.24. The minimum Gasteiger partial charge on any atom is -0.342 e. The lowest BCUT2D eigenvalue weighted by Gasteiger charge is -2.33. The number of piperidine rings is 1. The van der Waals surface area contributed by atoms with Crippen LogP contribution in [0.1, 0.15) is 30.1 Å². The quantitative estimate of drug-likeness (QED) is 0.872. The number of amides is 1. The van der Waals surface area contributed by atoms with Gasteiger partial charge in [0.2, 0.25) is 5.91 Å². The Morgan fingerprint density at radius 3 is 2.70 bits per heavy atom. The molecule has 23 heavy (non-hydrogen) atoms. The molecule has 1 aliphatic rings. The van der Waals surface area contributed by atoms with Gasteiger partial charge in [-0.3, -0.25) is 4.79 Å². The Kier molecular flexibility index (Phi) is 4.41. The Hall–Kier alpha value is -2.24. The van der Waals surface area contributed by atoms with Gasteiger partial charge in [0, 0.05) is 36.6 Å². The predicted octanol–water partition coefficient (Wildman–Crippen LogP) is 2.88. The second kappa shape index (κ2) is 6.48. The number of likely N-dealkylation sites (tertiary alicyclic amines) is 1. The highest BCUT2D eigenvalue weighted by atomic mass is 19.2. The number of rotatable bonds is 3. The number of imidazole rings is 1. The third-order valence-corrected chi connectivity index (χ3v) is 4.44. The van der Waals surface area contributed by atoms with Crippen molar-refractivity contribution in [3.8, 4) is 0 Å². The molecular formula is C17H19F2N3O. The van der Waals surface area contributed by atoms with Gasteiger partial charge in [0.05, 0.1) is 12.7 Å². The van der Waals surface area contributed by atoms with Gasteiger partial charge in [-0.1, -0.05) is 12.1 Å². The molecule has 0 bridgehead atoms. The third kappa shape index (κ3) is 3.25. The molecule has 0 radical (unpaired) electrons. The van der Waals surface area contributed by atoms with E-state index in [1.165, 1.54) is 12.1 Å². The second-order valence-electron chi connectivity index (χ2n) is 5.94. The molecule has 0 unspecified atom stereocenters. The van der Waals surface area contributed by atoms with E-state index in [0.29, 0.717) is 19.1 Å². The fourth-order valence-electron chi connectivity index (χ4n) is 3.11. The molecule has 1 aromatic carbocycles. The molecule has 1 amide bonds. The van der Waals surface area contributed by atoms with Crippen LogP contribution in [-0.4, -0.2) is 33.4 Å². The van der Waals surface area contributed by atoms with Gasteiger partial charge >= 0.3 is 0 Å². The van der Waals surface area contributed by atoms with Crippen molar-refractivity contribution in [1.82, 2.24) is 14.5 Å². The summed E-state index contributed by atoms with van der Waals surface area (Å²) in [6, 6.07) is 4.28. The molecule has 1 fully saturated rings. The van der Waals surface area contributed by atoms with E-state index >= 15 is 0 Å². The van der Waals surface area contributed by atoms with Gasteiger partial charge in [0.1, 0.15) is 0 Å². The van der Waals surface area contributed by atoms with Gasteiger partial charge in [-0.25, -0.2) is 13.8 Å². The summed E-state index contributed by atoms with van der Waals surface area (Å²) in [5, 5.41) is 0. The molecule has 0 atom stereocenters. The molecule has 2 aromatic rings. The zero-order valence-electron chi connectivity index (χ0n) is 13.0. The first-order chi connectivity index (χ1) is 11.1. The van der Waals surface area contributed by atoms with E-state index in [4.69, 9.17) is 0 Å². The minimum absolute atomic E-state index is 0.0988. The van der Waals surface area contributed by atoms with Crippen molar-refractivity contribution in [2.24, 2.45) is 0 Å². The maximum absolute atomic E-state index is 13.7. The van der Waals surface area contributed by atoms with Crippen LogP contribution in [0, 0.1) is 18.6 Å². The summed E-state index contributed by atoms with van der Waals surface area (Å²) in [7, 11) is 0. The normalized spacial score (nSPS) is 15.9. The van der Waals surface area contributed by atoms with Gasteiger partial charge in [0.25, 0.3) is 0 Å². The molecule has 1 aliphatic heterocycles. The van der Waals surface area contributed by atoms with Crippen LogP contribution >= 0.6 is 0 Å². The van der Waals surface area contributed by atoms with E-state index in [1.807, 2.05) is 19.4 Å². The van der Waals surface area contributed by atoms with Crippen LogP contribution in [-0.2, 0) is 11.2 Å². The standard InChI is InChI=1S/C17H19F2N3O/c1-12-10-20-11-22(12)14-5-7-21(8-6-14)16(23)9-13-3-2-4-15(18)17(13)19/h2-4,10-11,14H,5-9H2,1H3. The fourth-order valence-corrected chi connectivity index (χ4v) is 3.11. The minimum atomic E-state index is -0.926. The summed E-state index contributed by atoms with van der Waals surface area (Å²) in [5.74, 6) is -2.00. The van der Waals surface area contributed by atoms with Crippen LogP contribution in [0.25, 0.3) is 0 Å². The summed E-state index contributed by atoms with van der Waals surface area (Å²) in [5.41, 5.74) is 1.22. The van der Waals surface area contributed by atoms with E-state index < -0.39 is 11.6 Å². The number of hydrogen-bond acceptors (Lipinski definition) is 2. The average Bonchev–Trinajstić information content (AvgIpc) is 2.98. The van der Waals surface area contributed by atoms with E-state index in [2.05, 4.69) is 9.55 Å². The molecule has 4 nitrogen and oxygen atoms in total. The van der Waals surface area contributed by atoms with Crippen LogP contribution in [0.15, 0.2) is 30.7 Å². The first-order valence-corrected chi connectivity index (χ1v) is 7.75. The Morgan fingerprint density at radius 2 is 2.04 bits per heavy atom. The number of hydrogen-bond donors (Lipinski definition) is 0. The van der Waals surface area contributed by atoms with Crippen LogP contribution in [0.2, 0.25) is 0 Å². The summed E-state index contributed by atoms with van der Waals surface area (Å²) in [4.78, 5) is 18.2. The monoisotopic (exact) mass is 319 g/mol. The summed E-state index contributed by atoms with van der Waals surface area (Å²) < 4.78 is 29.0. The molecule has 1 saturated heterocycles. The van der Waals surface area contributed by atoms with E-state index in [9.17, 15) is 13.6 Å². The average molecular weight is 319 g/mol. The molecule has 0 saturated carbocycles. The summed E-state index contributed by atoms with van der Waals surface area (Å²) >= 11 is 0. The lowest BCUT2D eigenvalue weighted by molar-refractivity contribution is -0.131. The predicted molar refractivity (Wildman–Crippen MR) is 81.9 cm³/mol. The third-order valence-electron chi connectivity index (χ3n) is 4.44. The maximum Gasteiger partial charge on any atom is 0.227 e. The van der Waals surface area contributed by atoms with Crippen molar-refractivity contribution >= 4 is 5.91 Å². The first-order valence-electron chi connectivity index (χ1n) is 7.75. The summed E-state index contributed by atoms with van der Waals surface area (Å²) in [6.07, 6.45) is 5.23. The number of carbonyl (C=O) groups is 1. The number of aryl methyl sites for hydroxylation is 1. The molecule has 3 rings (SSSR count). The van der Waals surface area contributed by atoms with Crippen LogP contribution < -0.4 is 0 Å². The van der Waals surface area contributed by atoms with Gasteiger partial charge in [-0.15, -0.1) is 0 Å². The van der Waals surface area contributed by atoms with Crippen molar-refractivity contribution in [2.75, 3.05) is 13.1 Å². The number of benzene rings is 1. The molecule has 0 N–H and O–H groups in total. The molecular weight excluding hydrogens is 300 g/mol. The number of halogens is 2. The largest absolute Gasteiger partial charge is 0.342 e. The van der Waals surface area contributed by atoms with Crippen LogP contribution in [0.5, 0.6) is 0 Å². The fraction of sp³-hybridized carbons (Fsp3) is 0.412. The Balaban J connectivity index is 1.60. The van der Waals surface area contributed by atoms with Gasteiger partial charge in [0.15, 0.2) is 11.6 Å². The number of aromatic nitrogens is 2. The Morgan fingerprint density at radius 1 is 1.30 bits per heavy atom. The summed E-state index contributed by atoms with van der Waals surface area (Å²) in [6.45, 7) is 3.26. The van der Waals surface area contributed by atoms with E-state index in [1.54, 1.807) is 4.90 Å². The molecule has 0 aliphatic carbocycles. The zero-order chi connectivity index (χ0) is 16.4. The van der Waals surface area contributed by atoms with Crippen molar-refractivity contribution in [2.45, 2.75) is 32.2 Å². The molecule has 6 heteroatoms. The highest BCUT2D eigenvalue weighted by Gasteiger charge is 2.25. The molecule has 1 aromatic heterocycles. The number of carbonyl (C=O) groups excluding carboxylic acids is 1. The Labute approximate surface area is 133 Å².